The zero-order chi connectivity index (χ0) is 19.8. The summed E-state index contributed by atoms with van der Waals surface area (Å²) in [5.74, 6) is 0.971. The van der Waals surface area contributed by atoms with Crippen molar-refractivity contribution < 1.29 is 4.74 Å². The summed E-state index contributed by atoms with van der Waals surface area (Å²) in [5.41, 5.74) is 6.68. The van der Waals surface area contributed by atoms with Crippen LogP contribution in [0.25, 0.3) is 10.9 Å². The fourth-order valence-corrected chi connectivity index (χ4v) is 5.46. The molecule has 0 atom stereocenters. The first-order valence-corrected chi connectivity index (χ1v) is 11.4. The highest BCUT2D eigenvalue weighted by molar-refractivity contribution is 6.40. The van der Waals surface area contributed by atoms with Crippen LogP contribution >= 0.6 is 23.2 Å². The molecular weight excluding hydrogens is 403 g/mol. The van der Waals surface area contributed by atoms with Gasteiger partial charge in [0.15, 0.2) is 0 Å². The molecule has 5 heteroatoms. The summed E-state index contributed by atoms with van der Waals surface area (Å²) in [6.07, 6.45) is 6.91. The number of nitrogens with zero attached hydrogens (tertiary/aromatic N) is 1. The van der Waals surface area contributed by atoms with Gasteiger partial charge in [0.1, 0.15) is 12.4 Å². The normalized spacial score (nSPS) is 16.3. The number of rotatable bonds is 4. The smallest absolute Gasteiger partial charge is 0.119 e. The molecule has 5 rings (SSSR count). The minimum absolute atomic E-state index is 0.616. The van der Waals surface area contributed by atoms with Crippen LogP contribution in [0.15, 0.2) is 30.3 Å². The van der Waals surface area contributed by atoms with E-state index in [-0.39, 0.29) is 0 Å². The van der Waals surface area contributed by atoms with Gasteiger partial charge in [-0.3, -0.25) is 0 Å². The van der Waals surface area contributed by atoms with Gasteiger partial charge in [0, 0.05) is 24.0 Å². The van der Waals surface area contributed by atoms with E-state index in [1.807, 2.05) is 12.1 Å². The van der Waals surface area contributed by atoms with Crippen LogP contribution in [-0.4, -0.2) is 24.3 Å². The molecule has 1 aromatic heterocycles. The average Bonchev–Trinajstić information content (AvgIpc) is 2.88. The van der Waals surface area contributed by atoms with Crippen molar-refractivity contribution in [3.8, 4) is 5.75 Å². The Hall–Kier alpha value is -1.68. The third kappa shape index (κ3) is 3.65. The highest BCUT2D eigenvalue weighted by Crippen LogP contribution is 2.37. The molecule has 0 unspecified atom stereocenters. The van der Waals surface area contributed by atoms with Crippen LogP contribution in [0, 0.1) is 0 Å². The number of halogens is 2. The minimum atomic E-state index is 0.616. The molecule has 2 aromatic carbocycles. The van der Waals surface area contributed by atoms with Crippen molar-refractivity contribution in [1.29, 1.82) is 0 Å². The van der Waals surface area contributed by atoms with Crippen LogP contribution in [0.5, 0.6) is 5.75 Å². The lowest BCUT2D eigenvalue weighted by Gasteiger charge is -2.17. The van der Waals surface area contributed by atoms with Gasteiger partial charge in [-0.05, 0) is 79.6 Å². The Balaban J connectivity index is 1.43. The van der Waals surface area contributed by atoms with Crippen LogP contribution in [-0.2, 0) is 32.2 Å². The number of ether oxygens (including phenoxy) is 1. The first-order valence-electron chi connectivity index (χ1n) is 10.7. The summed E-state index contributed by atoms with van der Waals surface area (Å²) < 4.78 is 8.51. The van der Waals surface area contributed by atoms with Gasteiger partial charge >= 0.3 is 0 Å². The maximum atomic E-state index is 6.63. The summed E-state index contributed by atoms with van der Waals surface area (Å²) in [6.45, 7) is 3.33. The molecule has 0 fully saturated rings. The Bertz CT molecular complexity index is 1060. The van der Waals surface area contributed by atoms with Gasteiger partial charge in [-0.1, -0.05) is 29.3 Å². The fraction of sp³-hybridized carbons (Fsp3) is 0.417. The quantitative estimate of drug-likeness (QED) is 0.585. The standard InChI is InChI=1S/C24H26Cl2N2O/c25-20-7-8-21(26)24-23(20)19-9-11-27-12-10-22(19)28(24)13-14-29-18-6-5-16-3-1-2-4-17(16)15-18/h5-8,15,27H,1-4,9-14H2. The fourth-order valence-electron chi connectivity index (χ4n) is 4.94. The van der Waals surface area contributed by atoms with E-state index in [0.29, 0.717) is 6.61 Å². The maximum absolute atomic E-state index is 6.63. The van der Waals surface area contributed by atoms with Crippen molar-refractivity contribution in [2.24, 2.45) is 0 Å². The average molecular weight is 429 g/mol. The molecule has 3 nitrogen and oxygen atoms in total. The molecule has 1 N–H and O–H groups in total. The summed E-state index contributed by atoms with van der Waals surface area (Å²) in [5, 5.41) is 6.17. The predicted octanol–water partition coefficient (Wildman–Crippen LogP) is 5.59. The highest BCUT2D eigenvalue weighted by atomic mass is 35.5. The molecule has 2 heterocycles. The SMILES string of the molecule is Clc1ccc(Cl)c2c1c1c(n2CCOc2ccc3c(c2)CCCC3)CCNCC1. The summed E-state index contributed by atoms with van der Waals surface area (Å²) in [7, 11) is 0. The molecule has 1 aliphatic carbocycles. The zero-order valence-corrected chi connectivity index (χ0v) is 18.1. The Morgan fingerprint density at radius 3 is 2.59 bits per heavy atom. The van der Waals surface area contributed by atoms with E-state index in [9.17, 15) is 0 Å². The van der Waals surface area contributed by atoms with Gasteiger partial charge in [0.25, 0.3) is 0 Å². The van der Waals surface area contributed by atoms with Crippen LogP contribution < -0.4 is 10.1 Å². The molecule has 0 radical (unpaired) electrons. The molecule has 0 spiro atoms. The largest absolute Gasteiger partial charge is 0.492 e. The monoisotopic (exact) mass is 428 g/mol. The van der Waals surface area contributed by atoms with Gasteiger partial charge in [0.2, 0.25) is 0 Å². The molecular formula is C24H26Cl2N2O. The number of nitrogens with one attached hydrogen (secondary N) is 1. The van der Waals surface area contributed by atoms with E-state index in [4.69, 9.17) is 27.9 Å². The molecule has 0 saturated heterocycles. The van der Waals surface area contributed by atoms with Crippen molar-refractivity contribution in [1.82, 2.24) is 9.88 Å². The number of benzene rings is 2. The van der Waals surface area contributed by atoms with Gasteiger partial charge < -0.3 is 14.6 Å². The number of hydrogen-bond donors (Lipinski definition) is 1. The minimum Gasteiger partial charge on any atom is -0.492 e. The first kappa shape index (κ1) is 19.3. The van der Waals surface area contributed by atoms with Crippen LogP contribution in [0.4, 0.5) is 0 Å². The Labute approximate surface area is 181 Å². The van der Waals surface area contributed by atoms with E-state index in [0.717, 1.165) is 59.2 Å². The van der Waals surface area contributed by atoms with E-state index in [1.165, 1.54) is 48.1 Å². The van der Waals surface area contributed by atoms with Crippen LogP contribution in [0.2, 0.25) is 10.0 Å². The Morgan fingerprint density at radius 1 is 0.897 bits per heavy atom. The number of fused-ring (bicyclic) bond motifs is 4. The van der Waals surface area contributed by atoms with Crippen molar-refractivity contribution >= 4 is 34.1 Å². The lowest BCUT2D eigenvalue weighted by molar-refractivity contribution is 0.298. The van der Waals surface area contributed by atoms with Crippen molar-refractivity contribution in [2.75, 3.05) is 19.7 Å². The second kappa shape index (κ2) is 8.22. The van der Waals surface area contributed by atoms with Gasteiger partial charge in [-0.2, -0.15) is 0 Å². The molecule has 152 valence electrons. The van der Waals surface area contributed by atoms with E-state index >= 15 is 0 Å². The maximum Gasteiger partial charge on any atom is 0.119 e. The van der Waals surface area contributed by atoms with Gasteiger partial charge in [0.05, 0.1) is 22.1 Å². The molecule has 0 bridgehead atoms. The molecule has 0 saturated carbocycles. The molecule has 29 heavy (non-hydrogen) atoms. The van der Waals surface area contributed by atoms with E-state index in [2.05, 4.69) is 28.1 Å². The summed E-state index contributed by atoms with van der Waals surface area (Å²) in [6, 6.07) is 10.4. The lowest BCUT2D eigenvalue weighted by atomic mass is 9.92. The van der Waals surface area contributed by atoms with Gasteiger partial charge in [-0.15, -0.1) is 0 Å². The van der Waals surface area contributed by atoms with Crippen LogP contribution in [0.3, 0.4) is 0 Å². The Kier molecular flexibility index (Phi) is 5.47. The zero-order valence-electron chi connectivity index (χ0n) is 16.6. The molecule has 1 aliphatic heterocycles. The van der Waals surface area contributed by atoms with Crippen molar-refractivity contribution in [2.45, 2.75) is 45.1 Å². The summed E-state index contributed by atoms with van der Waals surface area (Å²) in [4.78, 5) is 0. The lowest BCUT2D eigenvalue weighted by Crippen LogP contribution is -2.18. The highest BCUT2D eigenvalue weighted by Gasteiger charge is 2.22. The predicted molar refractivity (Wildman–Crippen MR) is 121 cm³/mol. The topological polar surface area (TPSA) is 26.2 Å². The van der Waals surface area contributed by atoms with E-state index < -0.39 is 0 Å². The Morgan fingerprint density at radius 2 is 1.69 bits per heavy atom. The molecule has 0 amide bonds. The molecule has 3 aromatic rings. The number of hydrogen-bond acceptors (Lipinski definition) is 2. The van der Waals surface area contributed by atoms with Crippen LogP contribution in [0.1, 0.15) is 35.2 Å². The van der Waals surface area contributed by atoms with E-state index in [1.54, 1.807) is 0 Å². The molecule has 2 aliphatic rings. The second-order valence-electron chi connectivity index (χ2n) is 8.07. The van der Waals surface area contributed by atoms with Crippen molar-refractivity contribution in [3.05, 3.63) is 62.8 Å². The summed E-state index contributed by atoms with van der Waals surface area (Å²) >= 11 is 13.2. The third-order valence-electron chi connectivity index (χ3n) is 6.32. The first-order chi connectivity index (χ1) is 14.2. The van der Waals surface area contributed by atoms with Gasteiger partial charge in [-0.25, -0.2) is 0 Å². The number of aryl methyl sites for hydroxylation is 2. The van der Waals surface area contributed by atoms with Crippen molar-refractivity contribution in [3.63, 3.8) is 0 Å². The number of aromatic nitrogens is 1. The third-order valence-corrected chi connectivity index (χ3v) is 6.94. The second-order valence-corrected chi connectivity index (χ2v) is 8.88.